The second-order valence-corrected chi connectivity index (χ2v) is 7.42. The molecule has 3 rings (SSSR count). The number of hydrogen-bond donors (Lipinski definition) is 2. The van der Waals surface area contributed by atoms with Crippen LogP contribution in [0.25, 0.3) is 0 Å². The molecule has 2 N–H and O–H groups in total. The molecule has 0 radical (unpaired) electrons. The molecule has 0 bridgehead atoms. The Labute approximate surface area is 141 Å². The number of benzene rings is 2. The number of nitrogens with one attached hydrogen (secondary N) is 2. The van der Waals surface area contributed by atoms with Crippen LogP contribution >= 0.6 is 0 Å². The zero-order valence-electron chi connectivity index (χ0n) is 13.8. The van der Waals surface area contributed by atoms with E-state index < -0.39 is 10.0 Å². The van der Waals surface area contributed by atoms with Crippen LogP contribution in [0.15, 0.2) is 41.3 Å². The standard InChI is InChI=1S/C17H20N2O4S/c1-11-8-12-9-14(5-6-15(12)18-11)24(20,21)19-16-10-13(22-2)4-7-17(16)23-3/h4-7,9-11,18-19H,8H2,1-3H3/t11-/m0/s1. The predicted octanol–water partition coefficient (Wildman–Crippen LogP) is 2.86. The Morgan fingerprint density at radius 2 is 1.92 bits per heavy atom. The summed E-state index contributed by atoms with van der Waals surface area (Å²) < 4.78 is 38.4. The Morgan fingerprint density at radius 3 is 2.62 bits per heavy atom. The molecule has 2 aromatic rings. The lowest BCUT2D eigenvalue weighted by Gasteiger charge is -2.13. The van der Waals surface area contributed by atoms with Crippen molar-refractivity contribution in [3.05, 3.63) is 42.0 Å². The highest BCUT2D eigenvalue weighted by Crippen LogP contribution is 2.32. The normalized spacial score (nSPS) is 16.2. The summed E-state index contributed by atoms with van der Waals surface area (Å²) in [5.41, 5.74) is 2.33. The zero-order chi connectivity index (χ0) is 17.3. The fraction of sp³-hybridized carbons (Fsp3) is 0.294. The van der Waals surface area contributed by atoms with E-state index >= 15 is 0 Å². The molecule has 24 heavy (non-hydrogen) atoms. The minimum atomic E-state index is -3.72. The van der Waals surface area contributed by atoms with Crippen LogP contribution in [0, 0.1) is 0 Å². The molecule has 7 heteroatoms. The van der Waals surface area contributed by atoms with E-state index in [0.29, 0.717) is 23.2 Å². The average Bonchev–Trinajstić information content (AvgIpc) is 2.93. The minimum Gasteiger partial charge on any atom is -0.497 e. The number of sulfonamides is 1. The first-order chi connectivity index (χ1) is 11.4. The van der Waals surface area contributed by atoms with E-state index in [0.717, 1.165) is 17.7 Å². The number of anilines is 2. The van der Waals surface area contributed by atoms with Crippen LogP contribution in [0.2, 0.25) is 0 Å². The van der Waals surface area contributed by atoms with Crippen LogP contribution in [-0.2, 0) is 16.4 Å². The molecule has 0 saturated carbocycles. The van der Waals surface area contributed by atoms with E-state index in [4.69, 9.17) is 9.47 Å². The number of rotatable bonds is 5. The highest BCUT2D eigenvalue weighted by atomic mass is 32.2. The molecule has 0 unspecified atom stereocenters. The fourth-order valence-corrected chi connectivity index (χ4v) is 3.90. The second kappa shape index (κ2) is 6.24. The summed E-state index contributed by atoms with van der Waals surface area (Å²) in [4.78, 5) is 0.224. The lowest BCUT2D eigenvalue weighted by atomic mass is 10.1. The number of fused-ring (bicyclic) bond motifs is 1. The van der Waals surface area contributed by atoms with Crippen LogP contribution in [0.4, 0.5) is 11.4 Å². The summed E-state index contributed by atoms with van der Waals surface area (Å²) in [6.07, 6.45) is 0.807. The molecular formula is C17H20N2O4S. The summed E-state index contributed by atoms with van der Waals surface area (Å²) in [5.74, 6) is 0.969. The molecule has 1 aliphatic rings. The molecule has 0 spiro atoms. The van der Waals surface area contributed by atoms with Crippen molar-refractivity contribution in [2.75, 3.05) is 24.3 Å². The van der Waals surface area contributed by atoms with Gasteiger partial charge in [0.15, 0.2) is 0 Å². The van der Waals surface area contributed by atoms with E-state index in [1.165, 1.54) is 14.2 Å². The van der Waals surface area contributed by atoms with Crippen LogP contribution in [0.1, 0.15) is 12.5 Å². The van der Waals surface area contributed by atoms with Gasteiger partial charge in [-0.15, -0.1) is 0 Å². The molecule has 1 atom stereocenters. The van der Waals surface area contributed by atoms with Gasteiger partial charge in [-0.3, -0.25) is 4.72 Å². The molecular weight excluding hydrogens is 328 g/mol. The summed E-state index contributed by atoms with van der Waals surface area (Å²) in [7, 11) is -0.713. The van der Waals surface area contributed by atoms with Gasteiger partial charge < -0.3 is 14.8 Å². The average molecular weight is 348 g/mol. The van der Waals surface area contributed by atoms with E-state index in [2.05, 4.69) is 17.0 Å². The van der Waals surface area contributed by atoms with Crippen LogP contribution in [-0.4, -0.2) is 28.7 Å². The van der Waals surface area contributed by atoms with Crippen molar-refractivity contribution in [2.45, 2.75) is 24.3 Å². The topological polar surface area (TPSA) is 76.7 Å². The van der Waals surface area contributed by atoms with Gasteiger partial charge in [0, 0.05) is 17.8 Å². The van der Waals surface area contributed by atoms with Gasteiger partial charge in [0.1, 0.15) is 11.5 Å². The van der Waals surface area contributed by atoms with Crippen molar-refractivity contribution in [3.63, 3.8) is 0 Å². The number of hydrogen-bond acceptors (Lipinski definition) is 5. The highest BCUT2D eigenvalue weighted by molar-refractivity contribution is 7.92. The van der Waals surface area contributed by atoms with Crippen molar-refractivity contribution >= 4 is 21.4 Å². The maximum absolute atomic E-state index is 12.7. The van der Waals surface area contributed by atoms with Crippen LogP contribution < -0.4 is 19.5 Å². The SMILES string of the molecule is COc1ccc(OC)c(NS(=O)(=O)c2ccc3c(c2)C[C@H](C)N3)c1. The molecule has 0 aliphatic carbocycles. The van der Waals surface area contributed by atoms with Crippen molar-refractivity contribution in [2.24, 2.45) is 0 Å². The molecule has 0 fully saturated rings. The first kappa shape index (κ1) is 16.4. The fourth-order valence-electron chi connectivity index (χ4n) is 2.79. The number of ether oxygens (including phenoxy) is 2. The summed E-state index contributed by atoms with van der Waals surface area (Å²) in [5, 5.41) is 3.31. The van der Waals surface area contributed by atoms with E-state index in [-0.39, 0.29) is 4.90 Å². The van der Waals surface area contributed by atoms with Gasteiger partial charge in [-0.05, 0) is 49.2 Å². The highest BCUT2D eigenvalue weighted by Gasteiger charge is 2.22. The molecule has 0 amide bonds. The maximum atomic E-state index is 12.7. The third kappa shape index (κ3) is 3.12. The van der Waals surface area contributed by atoms with Crippen molar-refractivity contribution in [3.8, 4) is 11.5 Å². The summed E-state index contributed by atoms with van der Waals surface area (Å²) in [6.45, 7) is 2.06. The minimum absolute atomic E-state index is 0.224. The van der Waals surface area contributed by atoms with Gasteiger partial charge in [-0.25, -0.2) is 8.42 Å². The van der Waals surface area contributed by atoms with Crippen molar-refractivity contribution in [1.82, 2.24) is 0 Å². The van der Waals surface area contributed by atoms with Gasteiger partial charge in [0.05, 0.1) is 24.8 Å². The first-order valence-corrected chi connectivity index (χ1v) is 9.05. The van der Waals surface area contributed by atoms with Gasteiger partial charge in [-0.1, -0.05) is 0 Å². The smallest absolute Gasteiger partial charge is 0.262 e. The van der Waals surface area contributed by atoms with E-state index in [1.54, 1.807) is 36.4 Å². The Balaban J connectivity index is 1.94. The molecule has 0 saturated heterocycles. The van der Waals surface area contributed by atoms with Crippen molar-refractivity contribution < 1.29 is 17.9 Å². The van der Waals surface area contributed by atoms with Gasteiger partial charge in [0.2, 0.25) is 0 Å². The molecule has 2 aromatic carbocycles. The van der Waals surface area contributed by atoms with E-state index in [1.807, 2.05) is 0 Å². The monoisotopic (exact) mass is 348 g/mol. The Morgan fingerprint density at radius 1 is 1.12 bits per heavy atom. The summed E-state index contributed by atoms with van der Waals surface area (Å²) in [6, 6.07) is 10.4. The quantitative estimate of drug-likeness (QED) is 0.869. The maximum Gasteiger partial charge on any atom is 0.262 e. The van der Waals surface area contributed by atoms with Crippen molar-refractivity contribution in [1.29, 1.82) is 0 Å². The second-order valence-electron chi connectivity index (χ2n) is 5.74. The van der Waals surface area contributed by atoms with Gasteiger partial charge in [-0.2, -0.15) is 0 Å². The molecule has 128 valence electrons. The van der Waals surface area contributed by atoms with Crippen LogP contribution in [0.5, 0.6) is 11.5 Å². The zero-order valence-corrected chi connectivity index (χ0v) is 14.6. The Bertz CT molecular complexity index is 865. The third-order valence-electron chi connectivity index (χ3n) is 3.97. The number of methoxy groups -OCH3 is 2. The Hall–Kier alpha value is -2.41. The lowest BCUT2D eigenvalue weighted by Crippen LogP contribution is -2.14. The lowest BCUT2D eigenvalue weighted by molar-refractivity contribution is 0.405. The van der Waals surface area contributed by atoms with Gasteiger partial charge >= 0.3 is 0 Å². The molecule has 1 aliphatic heterocycles. The van der Waals surface area contributed by atoms with E-state index in [9.17, 15) is 8.42 Å². The predicted molar refractivity (Wildman–Crippen MR) is 93.6 cm³/mol. The summed E-state index contributed by atoms with van der Waals surface area (Å²) >= 11 is 0. The van der Waals surface area contributed by atoms with Crippen LogP contribution in [0.3, 0.4) is 0 Å². The largest absolute Gasteiger partial charge is 0.497 e. The third-order valence-corrected chi connectivity index (χ3v) is 5.33. The molecule has 0 aromatic heterocycles. The molecule has 1 heterocycles. The molecule has 6 nitrogen and oxygen atoms in total. The van der Waals surface area contributed by atoms with Gasteiger partial charge in [0.25, 0.3) is 10.0 Å². The Kier molecular flexibility index (Phi) is 4.28. The first-order valence-electron chi connectivity index (χ1n) is 7.57.